The molecule has 0 spiro atoms. The molecule has 0 aliphatic carbocycles. The van der Waals surface area contributed by atoms with Crippen molar-refractivity contribution in [1.82, 2.24) is 0 Å². The summed E-state index contributed by atoms with van der Waals surface area (Å²) in [5.74, 6) is -0.307. The lowest BCUT2D eigenvalue weighted by atomic mass is 9.92. The van der Waals surface area contributed by atoms with Gasteiger partial charge in [0.1, 0.15) is 0 Å². The van der Waals surface area contributed by atoms with E-state index in [1.807, 2.05) is 19.9 Å². The van der Waals surface area contributed by atoms with Crippen LogP contribution >= 0.6 is 0 Å². The first-order chi connectivity index (χ1) is 7.83. The van der Waals surface area contributed by atoms with Crippen molar-refractivity contribution in [1.29, 1.82) is 0 Å². The van der Waals surface area contributed by atoms with Crippen LogP contribution in [0.1, 0.15) is 31.1 Å². The van der Waals surface area contributed by atoms with Crippen LogP contribution in [0.4, 0.5) is 5.69 Å². The van der Waals surface area contributed by atoms with Crippen molar-refractivity contribution in [2.75, 3.05) is 11.9 Å². The standard InChI is InChI=1S/C13H20N2O2/c1-9(2)13(3,17)8-15-11-6-4-5-10(7-11)12(14)16/h4-7,9,15,17H,8H2,1-3H3,(H2,14,16). The Hall–Kier alpha value is -1.55. The topological polar surface area (TPSA) is 75.3 Å². The lowest BCUT2D eigenvalue weighted by molar-refractivity contribution is 0.0266. The SMILES string of the molecule is CC(C)C(C)(O)CNc1cccc(C(N)=O)c1. The van der Waals surface area contributed by atoms with Crippen LogP contribution in [0.5, 0.6) is 0 Å². The van der Waals surface area contributed by atoms with Gasteiger partial charge in [-0.15, -0.1) is 0 Å². The largest absolute Gasteiger partial charge is 0.388 e. The number of nitrogens with two attached hydrogens (primary N) is 1. The van der Waals surface area contributed by atoms with Crippen molar-refractivity contribution in [2.24, 2.45) is 11.7 Å². The molecule has 1 unspecified atom stereocenters. The summed E-state index contributed by atoms with van der Waals surface area (Å²) in [4.78, 5) is 11.0. The minimum absolute atomic E-state index is 0.148. The molecule has 1 aromatic carbocycles. The predicted molar refractivity (Wildman–Crippen MR) is 68.9 cm³/mol. The maximum Gasteiger partial charge on any atom is 0.248 e. The fourth-order valence-corrected chi connectivity index (χ4v) is 1.27. The number of rotatable bonds is 5. The lowest BCUT2D eigenvalue weighted by Gasteiger charge is -2.28. The van der Waals surface area contributed by atoms with Crippen LogP contribution in [0, 0.1) is 5.92 Å². The molecule has 1 amide bonds. The molecule has 4 nitrogen and oxygen atoms in total. The number of hydrogen-bond donors (Lipinski definition) is 3. The third kappa shape index (κ3) is 3.75. The van der Waals surface area contributed by atoms with Crippen LogP contribution in [0.3, 0.4) is 0 Å². The quantitative estimate of drug-likeness (QED) is 0.727. The van der Waals surface area contributed by atoms with Crippen molar-refractivity contribution < 1.29 is 9.90 Å². The highest BCUT2D eigenvalue weighted by Gasteiger charge is 2.24. The maximum absolute atomic E-state index is 11.0. The molecule has 1 aromatic rings. The third-order valence-electron chi connectivity index (χ3n) is 3.04. The van der Waals surface area contributed by atoms with Crippen LogP contribution in [0.2, 0.25) is 0 Å². The molecule has 0 aliphatic rings. The monoisotopic (exact) mass is 236 g/mol. The summed E-state index contributed by atoms with van der Waals surface area (Å²) < 4.78 is 0. The molecule has 0 saturated heterocycles. The average Bonchev–Trinajstić information content (AvgIpc) is 2.26. The van der Waals surface area contributed by atoms with Gasteiger partial charge in [0.05, 0.1) is 5.60 Å². The smallest absolute Gasteiger partial charge is 0.248 e. The van der Waals surface area contributed by atoms with Crippen molar-refractivity contribution in [2.45, 2.75) is 26.4 Å². The minimum Gasteiger partial charge on any atom is -0.388 e. The zero-order chi connectivity index (χ0) is 13.1. The van der Waals surface area contributed by atoms with E-state index in [-0.39, 0.29) is 5.92 Å². The van der Waals surface area contributed by atoms with Gasteiger partial charge in [0.15, 0.2) is 0 Å². The summed E-state index contributed by atoms with van der Waals surface area (Å²) in [7, 11) is 0. The second-order valence-electron chi connectivity index (χ2n) is 4.81. The van der Waals surface area contributed by atoms with E-state index in [9.17, 15) is 9.90 Å². The van der Waals surface area contributed by atoms with E-state index in [4.69, 9.17) is 5.73 Å². The van der Waals surface area contributed by atoms with Gasteiger partial charge in [-0.25, -0.2) is 0 Å². The van der Waals surface area contributed by atoms with Gasteiger partial charge in [-0.1, -0.05) is 19.9 Å². The third-order valence-corrected chi connectivity index (χ3v) is 3.04. The number of amides is 1. The molecule has 0 aliphatic heterocycles. The molecule has 1 rings (SSSR count). The maximum atomic E-state index is 11.0. The summed E-state index contributed by atoms with van der Waals surface area (Å²) in [6.07, 6.45) is 0. The van der Waals surface area contributed by atoms with E-state index in [0.717, 1.165) is 5.69 Å². The zero-order valence-corrected chi connectivity index (χ0v) is 10.5. The number of nitrogens with one attached hydrogen (secondary N) is 1. The fourth-order valence-electron chi connectivity index (χ4n) is 1.27. The van der Waals surface area contributed by atoms with E-state index in [2.05, 4.69) is 5.32 Å². The predicted octanol–water partition coefficient (Wildman–Crippen LogP) is 1.60. The van der Waals surface area contributed by atoms with Crippen LogP contribution in [0.25, 0.3) is 0 Å². The molecule has 0 aromatic heterocycles. The van der Waals surface area contributed by atoms with E-state index in [1.165, 1.54) is 0 Å². The van der Waals surface area contributed by atoms with Crippen LogP contribution in [-0.4, -0.2) is 23.2 Å². The number of aliphatic hydroxyl groups is 1. The molecule has 1 atom stereocenters. The van der Waals surface area contributed by atoms with E-state index < -0.39 is 11.5 Å². The van der Waals surface area contributed by atoms with Gasteiger partial charge in [-0.05, 0) is 31.0 Å². The van der Waals surface area contributed by atoms with Gasteiger partial charge in [0.2, 0.25) is 5.91 Å². The lowest BCUT2D eigenvalue weighted by Crippen LogP contribution is -2.38. The second kappa shape index (κ2) is 5.19. The number of primary amides is 1. The van der Waals surface area contributed by atoms with Gasteiger partial charge in [0, 0.05) is 17.8 Å². The Morgan fingerprint density at radius 3 is 2.71 bits per heavy atom. The summed E-state index contributed by atoms with van der Waals surface area (Å²) in [6.45, 7) is 6.12. The van der Waals surface area contributed by atoms with E-state index >= 15 is 0 Å². The van der Waals surface area contributed by atoms with Crippen molar-refractivity contribution in [3.63, 3.8) is 0 Å². The molecular weight excluding hydrogens is 216 g/mol. The molecular formula is C13H20N2O2. The molecule has 0 bridgehead atoms. The number of carbonyl (C=O) groups excluding carboxylic acids is 1. The molecule has 4 heteroatoms. The number of hydrogen-bond acceptors (Lipinski definition) is 3. The Morgan fingerprint density at radius 1 is 1.53 bits per heavy atom. The Kier molecular flexibility index (Phi) is 4.12. The zero-order valence-electron chi connectivity index (χ0n) is 10.5. The van der Waals surface area contributed by atoms with Gasteiger partial charge >= 0.3 is 0 Å². The number of benzene rings is 1. The molecule has 0 heterocycles. The molecule has 0 fully saturated rings. The Morgan fingerprint density at radius 2 is 2.18 bits per heavy atom. The van der Waals surface area contributed by atoms with Crippen molar-refractivity contribution in [3.8, 4) is 0 Å². The van der Waals surface area contributed by atoms with Gasteiger partial charge < -0.3 is 16.2 Å². The van der Waals surface area contributed by atoms with Crippen LogP contribution in [-0.2, 0) is 0 Å². The van der Waals surface area contributed by atoms with Crippen molar-refractivity contribution in [3.05, 3.63) is 29.8 Å². The number of anilines is 1. The fraction of sp³-hybridized carbons (Fsp3) is 0.462. The second-order valence-corrected chi connectivity index (χ2v) is 4.81. The van der Waals surface area contributed by atoms with Crippen LogP contribution < -0.4 is 11.1 Å². The molecule has 0 saturated carbocycles. The van der Waals surface area contributed by atoms with Gasteiger partial charge in [0.25, 0.3) is 0 Å². The summed E-state index contributed by atoms with van der Waals surface area (Å²) in [5.41, 5.74) is 5.65. The Bertz CT molecular complexity index is 400. The van der Waals surface area contributed by atoms with Gasteiger partial charge in [-0.2, -0.15) is 0 Å². The first-order valence-electron chi connectivity index (χ1n) is 5.69. The highest BCUT2D eigenvalue weighted by Crippen LogP contribution is 2.18. The van der Waals surface area contributed by atoms with Crippen LogP contribution in [0.15, 0.2) is 24.3 Å². The highest BCUT2D eigenvalue weighted by molar-refractivity contribution is 5.93. The van der Waals surface area contributed by atoms with E-state index in [0.29, 0.717) is 12.1 Å². The first kappa shape index (κ1) is 13.5. The first-order valence-corrected chi connectivity index (χ1v) is 5.69. The Labute approximate surface area is 102 Å². The molecule has 94 valence electrons. The number of carbonyl (C=O) groups is 1. The molecule has 4 N–H and O–H groups in total. The summed E-state index contributed by atoms with van der Waals surface area (Å²) in [6, 6.07) is 6.93. The summed E-state index contributed by atoms with van der Waals surface area (Å²) in [5, 5.41) is 13.2. The molecule has 17 heavy (non-hydrogen) atoms. The molecule has 0 radical (unpaired) electrons. The summed E-state index contributed by atoms with van der Waals surface area (Å²) >= 11 is 0. The minimum atomic E-state index is -0.789. The Balaban J connectivity index is 2.70. The van der Waals surface area contributed by atoms with E-state index in [1.54, 1.807) is 25.1 Å². The van der Waals surface area contributed by atoms with Crippen molar-refractivity contribution >= 4 is 11.6 Å². The highest BCUT2D eigenvalue weighted by atomic mass is 16.3. The normalized spacial score (nSPS) is 14.4. The van der Waals surface area contributed by atoms with Gasteiger partial charge in [-0.3, -0.25) is 4.79 Å². The average molecular weight is 236 g/mol.